The Bertz CT molecular complexity index is 664. The van der Waals surface area contributed by atoms with Gasteiger partial charge in [0.05, 0.1) is 12.0 Å². The van der Waals surface area contributed by atoms with Gasteiger partial charge in [-0.1, -0.05) is 26.5 Å². The van der Waals surface area contributed by atoms with E-state index >= 15 is 0 Å². The van der Waals surface area contributed by atoms with Crippen molar-refractivity contribution in [3.63, 3.8) is 0 Å². The summed E-state index contributed by atoms with van der Waals surface area (Å²) in [7, 11) is 3.65. The number of nitro benzene ring substituents is 1. The number of hydrogen-bond donors (Lipinski definition) is 0. The Morgan fingerprint density at radius 1 is 1.14 bits per heavy atom. The molecular formula is C21H34N4O3. The van der Waals surface area contributed by atoms with Gasteiger partial charge in [-0.25, -0.2) is 0 Å². The molecule has 0 bridgehead atoms. The third-order valence-corrected chi connectivity index (χ3v) is 5.60. The van der Waals surface area contributed by atoms with Crippen LogP contribution >= 0.6 is 0 Å². The molecule has 3 rings (SSSR count). The van der Waals surface area contributed by atoms with Crippen LogP contribution in [0.3, 0.4) is 0 Å². The lowest BCUT2D eigenvalue weighted by molar-refractivity contribution is -0.385. The maximum Gasteiger partial charge on any atom is 0.311 e. The van der Waals surface area contributed by atoms with E-state index in [9.17, 15) is 10.1 Å². The highest BCUT2D eigenvalue weighted by Gasteiger charge is 2.28. The number of methoxy groups -OCH3 is 1. The van der Waals surface area contributed by atoms with E-state index < -0.39 is 4.92 Å². The summed E-state index contributed by atoms with van der Waals surface area (Å²) in [6, 6.07) is 3.98. The lowest BCUT2D eigenvalue weighted by atomic mass is 10.00. The van der Waals surface area contributed by atoms with Crippen molar-refractivity contribution in [3.8, 4) is 5.75 Å². The molecule has 7 heteroatoms. The zero-order valence-corrected chi connectivity index (χ0v) is 17.7. The number of ether oxygens (including phenoxy) is 1. The van der Waals surface area contributed by atoms with E-state index in [2.05, 4.69) is 28.3 Å². The van der Waals surface area contributed by atoms with Gasteiger partial charge in [-0.15, -0.1) is 0 Å². The molecule has 0 N–H and O–H groups in total. The largest absolute Gasteiger partial charge is 0.490 e. The van der Waals surface area contributed by atoms with Gasteiger partial charge in [0.1, 0.15) is 0 Å². The normalized spacial score (nSPS) is 18.9. The van der Waals surface area contributed by atoms with Crippen molar-refractivity contribution >= 4 is 17.5 Å². The molecule has 156 valence electrons. The predicted octanol–water partition coefficient (Wildman–Crippen LogP) is 3.49. The van der Waals surface area contributed by atoms with Gasteiger partial charge in [0.2, 0.25) is 0 Å². The molecule has 7 nitrogen and oxygen atoms in total. The number of piperidine rings is 1. The summed E-state index contributed by atoms with van der Waals surface area (Å²) in [6.45, 7) is 14.3. The van der Waals surface area contributed by atoms with Crippen LogP contribution in [0.25, 0.3) is 6.08 Å². The SMILES string of the molecule is C=Cc1cc([N+](=O)[O-])c(OC)cc1N1CCC(N2CCN(C)CC2)CC1.CC. The maximum absolute atomic E-state index is 11.2. The third-order valence-electron chi connectivity index (χ3n) is 5.60. The minimum atomic E-state index is -0.408. The number of nitrogens with zero attached hydrogens (tertiary/aromatic N) is 4. The molecule has 2 heterocycles. The Morgan fingerprint density at radius 2 is 1.75 bits per heavy atom. The quantitative estimate of drug-likeness (QED) is 0.567. The van der Waals surface area contributed by atoms with Crippen LogP contribution in [0.15, 0.2) is 18.7 Å². The fourth-order valence-corrected chi connectivity index (χ4v) is 3.98. The monoisotopic (exact) mass is 390 g/mol. The first-order valence-corrected chi connectivity index (χ1v) is 10.2. The van der Waals surface area contributed by atoms with Crippen LogP contribution in [0, 0.1) is 10.1 Å². The summed E-state index contributed by atoms with van der Waals surface area (Å²) in [5.41, 5.74) is 1.74. The molecule has 0 amide bonds. The highest BCUT2D eigenvalue weighted by atomic mass is 16.6. The molecule has 0 aliphatic carbocycles. The van der Waals surface area contributed by atoms with Crippen LogP contribution < -0.4 is 9.64 Å². The number of likely N-dealkylation sites (N-methyl/N-ethyl adjacent to an activating group) is 1. The molecule has 1 aromatic carbocycles. The van der Waals surface area contributed by atoms with Crippen LogP contribution in [0.4, 0.5) is 11.4 Å². The molecule has 0 saturated carbocycles. The Labute approximate surface area is 168 Å². The van der Waals surface area contributed by atoms with E-state index in [-0.39, 0.29) is 5.69 Å². The number of nitro groups is 1. The summed E-state index contributed by atoms with van der Waals surface area (Å²) in [5, 5.41) is 11.2. The van der Waals surface area contributed by atoms with Gasteiger partial charge in [0.25, 0.3) is 0 Å². The van der Waals surface area contributed by atoms with Crippen LogP contribution in [0.2, 0.25) is 0 Å². The molecule has 2 aliphatic heterocycles. The van der Waals surface area contributed by atoms with Gasteiger partial charge in [-0.05, 0) is 19.9 Å². The van der Waals surface area contributed by atoms with Crippen LogP contribution in [-0.2, 0) is 0 Å². The van der Waals surface area contributed by atoms with Crippen molar-refractivity contribution < 1.29 is 9.66 Å². The van der Waals surface area contributed by atoms with E-state index in [1.54, 1.807) is 18.2 Å². The van der Waals surface area contributed by atoms with Gasteiger partial charge in [0.15, 0.2) is 5.75 Å². The van der Waals surface area contributed by atoms with E-state index in [1.807, 2.05) is 13.8 Å². The lowest BCUT2D eigenvalue weighted by Crippen LogP contribution is -2.52. The first-order valence-electron chi connectivity index (χ1n) is 10.2. The van der Waals surface area contributed by atoms with Gasteiger partial charge in [-0.2, -0.15) is 0 Å². The van der Waals surface area contributed by atoms with Crippen molar-refractivity contribution in [2.24, 2.45) is 0 Å². The Kier molecular flexibility index (Phi) is 8.26. The molecule has 2 fully saturated rings. The molecular weight excluding hydrogens is 356 g/mol. The van der Waals surface area contributed by atoms with Gasteiger partial charge in [-0.3, -0.25) is 15.0 Å². The maximum atomic E-state index is 11.2. The van der Waals surface area contributed by atoms with E-state index in [1.165, 1.54) is 7.11 Å². The summed E-state index contributed by atoms with van der Waals surface area (Å²) in [6.07, 6.45) is 3.91. The number of rotatable bonds is 5. The summed E-state index contributed by atoms with van der Waals surface area (Å²) >= 11 is 0. The minimum Gasteiger partial charge on any atom is -0.490 e. The van der Waals surface area contributed by atoms with Crippen molar-refractivity contribution in [2.75, 3.05) is 58.3 Å². The van der Waals surface area contributed by atoms with Gasteiger partial charge >= 0.3 is 5.69 Å². The summed E-state index contributed by atoms with van der Waals surface area (Å²) < 4.78 is 5.25. The Morgan fingerprint density at radius 3 is 2.25 bits per heavy atom. The average molecular weight is 391 g/mol. The molecule has 0 spiro atoms. The number of benzene rings is 1. The highest BCUT2D eigenvalue weighted by molar-refractivity contribution is 5.73. The molecule has 0 aromatic heterocycles. The van der Waals surface area contributed by atoms with E-state index in [4.69, 9.17) is 4.74 Å². The van der Waals surface area contributed by atoms with Gasteiger partial charge < -0.3 is 14.5 Å². The molecule has 0 atom stereocenters. The lowest BCUT2D eigenvalue weighted by Gasteiger charge is -2.42. The van der Waals surface area contributed by atoms with Crippen LogP contribution in [0.5, 0.6) is 5.75 Å². The molecule has 2 saturated heterocycles. The van der Waals surface area contributed by atoms with Crippen molar-refractivity contribution in [3.05, 3.63) is 34.4 Å². The molecule has 0 unspecified atom stereocenters. The smallest absolute Gasteiger partial charge is 0.311 e. The van der Waals surface area contributed by atoms with Gasteiger partial charge in [0, 0.05) is 68.7 Å². The zero-order chi connectivity index (χ0) is 20.7. The fourth-order valence-electron chi connectivity index (χ4n) is 3.98. The molecule has 2 aliphatic rings. The Balaban J connectivity index is 0.00000136. The van der Waals surface area contributed by atoms with Crippen molar-refractivity contribution in [1.29, 1.82) is 0 Å². The topological polar surface area (TPSA) is 62.1 Å². The minimum absolute atomic E-state index is 0.0153. The second-order valence-corrected chi connectivity index (χ2v) is 7.10. The second-order valence-electron chi connectivity index (χ2n) is 7.10. The van der Waals surface area contributed by atoms with E-state index in [0.29, 0.717) is 11.8 Å². The summed E-state index contributed by atoms with van der Waals surface area (Å²) in [5.74, 6) is 0.303. The fraction of sp³-hybridized carbons (Fsp3) is 0.619. The highest BCUT2D eigenvalue weighted by Crippen LogP contribution is 2.37. The summed E-state index contributed by atoms with van der Waals surface area (Å²) in [4.78, 5) is 18.1. The molecule has 28 heavy (non-hydrogen) atoms. The average Bonchev–Trinajstić information content (AvgIpc) is 2.74. The first-order chi connectivity index (χ1) is 13.5. The number of anilines is 1. The number of piperazine rings is 1. The van der Waals surface area contributed by atoms with E-state index in [0.717, 1.165) is 63.4 Å². The van der Waals surface area contributed by atoms with Crippen molar-refractivity contribution in [1.82, 2.24) is 9.80 Å². The number of hydrogen-bond acceptors (Lipinski definition) is 6. The van der Waals surface area contributed by atoms with Crippen LogP contribution in [-0.4, -0.2) is 74.2 Å². The molecule has 0 radical (unpaired) electrons. The standard InChI is InChI=1S/C19H28N4O3.C2H6/c1-4-15-13-18(23(24)25)19(26-3)14-17(15)22-7-5-16(6-8-22)21-11-9-20(2)10-12-21;1-2/h4,13-14,16H,1,5-12H2,2-3H3;1-2H3. The van der Waals surface area contributed by atoms with Crippen molar-refractivity contribution in [2.45, 2.75) is 32.7 Å². The Hall–Kier alpha value is -2.12. The first kappa shape index (κ1) is 22.2. The molecule has 1 aromatic rings. The third kappa shape index (κ3) is 5.02. The predicted molar refractivity (Wildman–Crippen MR) is 115 cm³/mol. The second kappa shape index (κ2) is 10.4. The van der Waals surface area contributed by atoms with Crippen LogP contribution in [0.1, 0.15) is 32.3 Å². The zero-order valence-electron chi connectivity index (χ0n) is 17.7.